The van der Waals surface area contributed by atoms with Crippen molar-refractivity contribution in [1.82, 2.24) is 4.68 Å². The zero-order valence-corrected chi connectivity index (χ0v) is 26.1. The lowest BCUT2D eigenvalue weighted by Crippen LogP contribution is -3.00. The Morgan fingerprint density at radius 3 is 1.60 bits per heavy atom. The van der Waals surface area contributed by atoms with Crippen LogP contribution in [0.2, 0.25) is 0 Å². The molecule has 1 heterocycles. The molecule has 0 aliphatic heterocycles. The van der Waals surface area contributed by atoms with Crippen molar-refractivity contribution in [3.05, 3.63) is 126 Å². The summed E-state index contributed by atoms with van der Waals surface area (Å²) in [5.74, 6) is 0.892. The molecule has 0 spiro atoms. The van der Waals surface area contributed by atoms with Gasteiger partial charge in [0, 0.05) is 57.6 Å². The van der Waals surface area contributed by atoms with Crippen LogP contribution in [-0.4, -0.2) is 45.3 Å². The van der Waals surface area contributed by atoms with E-state index in [0.717, 1.165) is 39.5 Å². The molecule has 0 saturated carbocycles. The second-order valence-corrected chi connectivity index (χ2v) is 10.1. The molecule has 0 aliphatic carbocycles. The number of hydrogen-bond donors (Lipinski definition) is 0. The van der Waals surface area contributed by atoms with Crippen LogP contribution < -0.4 is 26.9 Å². The Kier molecular flexibility index (Phi) is 11.1. The molecule has 0 aliphatic rings. The van der Waals surface area contributed by atoms with E-state index in [0.29, 0.717) is 0 Å². The van der Waals surface area contributed by atoms with Crippen LogP contribution in [0.25, 0.3) is 22.3 Å². The highest BCUT2D eigenvalue weighted by molar-refractivity contribution is 5.91. The molecule has 0 unspecified atom stereocenters. The first-order valence-corrected chi connectivity index (χ1v) is 13.3. The quantitative estimate of drug-likeness (QED) is 0.202. The number of benzene rings is 4. The molecule has 6 nitrogen and oxygen atoms in total. The Hall–Kier alpha value is -4.39. The largest absolute Gasteiger partial charge is 1.00 e. The number of nitrogens with zero attached hydrogens (tertiary/aromatic N) is 6. The lowest BCUT2D eigenvalue weighted by atomic mass is 10.0. The first-order valence-electron chi connectivity index (χ1n) is 13.3. The zero-order chi connectivity index (χ0) is 28.1. The molecule has 0 amide bonds. The molecular weight excluding hydrogens is 563 g/mol. The van der Waals surface area contributed by atoms with Gasteiger partial charge in [-0.3, -0.25) is 0 Å². The zero-order valence-electron chi connectivity index (χ0n) is 24.5. The highest BCUT2D eigenvalue weighted by Gasteiger charge is 2.13. The molecule has 0 radical (unpaired) electrons. The summed E-state index contributed by atoms with van der Waals surface area (Å²) in [5.41, 5.74) is 8.98. The topological polar surface area (TPSA) is 40.0 Å². The minimum absolute atomic E-state index is 0. The fourth-order valence-electron chi connectivity index (χ4n) is 4.69. The van der Waals surface area contributed by atoms with Crippen LogP contribution in [0.1, 0.15) is 17.0 Å². The van der Waals surface area contributed by atoms with Crippen LogP contribution in [0, 0.1) is 6.92 Å². The number of halogens is 2. The fourth-order valence-corrected chi connectivity index (χ4v) is 4.69. The molecule has 0 bridgehead atoms. The number of anilines is 2. The maximum absolute atomic E-state index is 4.79. The molecule has 5 rings (SSSR count). The highest BCUT2D eigenvalue weighted by Crippen LogP contribution is 2.27. The highest BCUT2D eigenvalue weighted by atomic mass is 35.5. The summed E-state index contributed by atoms with van der Waals surface area (Å²) in [4.78, 5) is 4.21. The van der Waals surface area contributed by atoms with Crippen LogP contribution in [-0.2, 0) is 0 Å². The molecule has 4 aromatic carbocycles. The monoisotopic (exact) mass is 598 g/mol. The van der Waals surface area contributed by atoms with Gasteiger partial charge in [-0.2, -0.15) is 0 Å². The fraction of sp³-hybridized carbons (Fsp3) is 0.147. The van der Waals surface area contributed by atoms with Gasteiger partial charge in [0.15, 0.2) is 12.4 Å². The third kappa shape index (κ3) is 7.27. The lowest BCUT2D eigenvalue weighted by Gasteiger charge is -2.16. The molecular formula is C34H36Cl2N6. The predicted octanol–water partition coefficient (Wildman–Crippen LogP) is 3.74. The summed E-state index contributed by atoms with van der Waals surface area (Å²) >= 11 is 0. The molecule has 0 saturated heterocycles. The van der Waals surface area contributed by atoms with E-state index in [1.165, 1.54) is 11.1 Å². The minimum atomic E-state index is 0. The molecule has 1 aromatic heterocycles. The van der Waals surface area contributed by atoms with Gasteiger partial charge in [-0.05, 0) is 46.5 Å². The van der Waals surface area contributed by atoms with Crippen molar-refractivity contribution in [2.24, 2.45) is 10.2 Å². The molecule has 5 aromatic rings. The van der Waals surface area contributed by atoms with Gasteiger partial charge in [0.2, 0.25) is 0 Å². The Morgan fingerprint density at radius 1 is 0.643 bits per heavy atom. The minimum Gasteiger partial charge on any atom is -1.00 e. The van der Waals surface area contributed by atoms with Gasteiger partial charge < -0.3 is 22.2 Å². The Morgan fingerprint density at radius 2 is 1.12 bits per heavy atom. The molecule has 0 N–H and O–H groups in total. The maximum Gasteiger partial charge on any atom is 0.304 e. The summed E-state index contributed by atoms with van der Waals surface area (Å²) in [7, 11) is 8.20. The van der Waals surface area contributed by atoms with E-state index in [2.05, 4.69) is 94.7 Å². The molecule has 0 fully saturated rings. The van der Waals surface area contributed by atoms with Crippen molar-refractivity contribution in [1.29, 1.82) is 0 Å². The van der Waals surface area contributed by atoms with Gasteiger partial charge in [-0.1, -0.05) is 83.0 Å². The molecule has 0 atom stereocenters. The molecule has 42 heavy (non-hydrogen) atoms. The van der Waals surface area contributed by atoms with Crippen molar-refractivity contribution in [3.63, 3.8) is 0 Å². The average molecular weight is 600 g/mol. The van der Waals surface area contributed by atoms with Crippen LogP contribution in [0.5, 0.6) is 0 Å². The van der Waals surface area contributed by atoms with Crippen LogP contribution in [0.3, 0.4) is 0 Å². The number of rotatable bonds is 8. The standard InChI is InChI=1S/C34H35N6.2ClH/c1-26-39(35-24-31-22-29(16-18-33(31)37(2)3)27-12-8-6-9-13-27)20-21-40(26)36-25-32-23-30(17-19-34(32)38(4)5)28-14-10-7-11-15-28;;/h6-25H,1-5H3;2*1H/q+1;;/p-1/b35-24+,36-25+;;. The average Bonchev–Trinajstić information content (AvgIpc) is 3.34. The van der Waals surface area contributed by atoms with Gasteiger partial charge in [-0.15, -0.1) is 21.8 Å². The van der Waals surface area contributed by atoms with E-state index in [-0.39, 0.29) is 24.8 Å². The summed E-state index contributed by atoms with van der Waals surface area (Å²) in [6, 6.07) is 33.8. The summed E-state index contributed by atoms with van der Waals surface area (Å²) in [5, 5.41) is 9.58. The normalized spacial score (nSPS) is 10.9. The van der Waals surface area contributed by atoms with Gasteiger partial charge in [-0.25, -0.2) is 0 Å². The number of imidazole rings is 1. The van der Waals surface area contributed by atoms with Gasteiger partial charge in [0.1, 0.15) is 0 Å². The molecule has 8 heteroatoms. The first kappa shape index (κ1) is 32.1. The van der Waals surface area contributed by atoms with Gasteiger partial charge in [0.05, 0.1) is 12.4 Å². The Balaban J connectivity index is 0.00000242. The summed E-state index contributed by atoms with van der Waals surface area (Å²) in [6.07, 6.45) is 7.67. The first-order chi connectivity index (χ1) is 19.4. The van der Waals surface area contributed by atoms with E-state index in [1.54, 1.807) is 0 Å². The van der Waals surface area contributed by atoms with Crippen LogP contribution >= 0.6 is 12.4 Å². The molecule has 216 valence electrons. The third-order valence-corrected chi connectivity index (χ3v) is 6.89. The predicted molar refractivity (Wildman–Crippen MR) is 175 cm³/mol. The van der Waals surface area contributed by atoms with Gasteiger partial charge >= 0.3 is 5.82 Å². The Labute approximate surface area is 261 Å². The maximum atomic E-state index is 4.79. The lowest BCUT2D eigenvalue weighted by molar-refractivity contribution is -0.684. The number of aromatic nitrogens is 2. The van der Waals surface area contributed by atoms with E-state index in [1.807, 2.05) is 81.4 Å². The van der Waals surface area contributed by atoms with Crippen molar-refractivity contribution in [2.45, 2.75) is 6.92 Å². The van der Waals surface area contributed by atoms with Crippen molar-refractivity contribution < 1.29 is 17.1 Å². The smallest absolute Gasteiger partial charge is 0.304 e. The van der Waals surface area contributed by atoms with E-state index >= 15 is 0 Å². The van der Waals surface area contributed by atoms with Crippen molar-refractivity contribution >= 4 is 36.2 Å². The van der Waals surface area contributed by atoms with Crippen LogP contribution in [0.15, 0.2) is 120 Å². The SMILES string of the molecule is Cc1n(/N=C/c2cc(-c3ccccc3)ccc2N(C)C)cc[n+]1/N=C/c1cc(-c2ccccc2)ccc1N(C)C.Cl.[Cl-]. The summed E-state index contributed by atoms with van der Waals surface area (Å²) < 4.78 is 3.69. The number of hydrogen-bond acceptors (Lipinski definition) is 4. The van der Waals surface area contributed by atoms with Gasteiger partial charge in [0.25, 0.3) is 0 Å². The van der Waals surface area contributed by atoms with Crippen LogP contribution in [0.4, 0.5) is 11.4 Å². The summed E-state index contributed by atoms with van der Waals surface area (Å²) in [6.45, 7) is 2.01. The van der Waals surface area contributed by atoms with E-state index in [9.17, 15) is 0 Å². The van der Waals surface area contributed by atoms with E-state index < -0.39 is 0 Å². The van der Waals surface area contributed by atoms with Crippen molar-refractivity contribution in [2.75, 3.05) is 38.0 Å². The second kappa shape index (κ2) is 14.5. The van der Waals surface area contributed by atoms with E-state index in [4.69, 9.17) is 10.2 Å². The second-order valence-electron chi connectivity index (χ2n) is 10.1. The van der Waals surface area contributed by atoms with Crippen molar-refractivity contribution in [3.8, 4) is 22.3 Å². The third-order valence-electron chi connectivity index (χ3n) is 6.89. The Bertz CT molecular complexity index is 1540.